The molecule has 0 saturated carbocycles. The average molecular weight is 212 g/mol. The molecule has 0 radical (unpaired) electrons. The highest BCUT2D eigenvalue weighted by atomic mass is 35.5. The molecule has 0 unspecified atom stereocenters. The smallest absolute Gasteiger partial charge is 0.221 e. The summed E-state index contributed by atoms with van der Waals surface area (Å²) in [6.45, 7) is 0. The normalized spacial score (nSPS) is 10.5. The molecule has 0 aliphatic rings. The second kappa shape index (κ2) is 3.38. The highest BCUT2D eigenvalue weighted by Gasteiger charge is 2.06. The molecule has 14 heavy (non-hydrogen) atoms. The summed E-state index contributed by atoms with van der Waals surface area (Å²) in [6.07, 6.45) is 0. The first-order chi connectivity index (χ1) is 6.66. The average Bonchev–Trinajstić information content (AvgIpc) is 2.48. The Morgan fingerprint density at radius 3 is 2.43 bits per heavy atom. The Morgan fingerprint density at radius 1 is 1.29 bits per heavy atom. The molecule has 0 saturated heterocycles. The summed E-state index contributed by atoms with van der Waals surface area (Å²) in [4.78, 5) is 4.00. The lowest BCUT2D eigenvalue weighted by Crippen LogP contribution is -1.89. The van der Waals surface area contributed by atoms with E-state index in [1.807, 2.05) is 0 Å². The Bertz CT molecular complexity index is 430. The largest absolute Gasteiger partial charge is 0.239 e. The molecule has 0 aliphatic carbocycles. The van der Waals surface area contributed by atoms with Crippen molar-refractivity contribution in [3.63, 3.8) is 0 Å². The van der Waals surface area contributed by atoms with Gasteiger partial charge >= 0.3 is 0 Å². The van der Waals surface area contributed by atoms with Crippen LogP contribution in [-0.4, -0.2) is 14.8 Å². The molecule has 0 bridgehead atoms. The Labute approximate surface area is 85.1 Å². The second-order valence-electron chi connectivity index (χ2n) is 2.83. The molecule has 0 atom stereocenters. The van der Waals surface area contributed by atoms with E-state index in [4.69, 9.17) is 11.6 Å². The van der Waals surface area contributed by atoms with Gasteiger partial charge in [0.15, 0.2) is 5.82 Å². The number of rotatable bonds is 1. The Hall–Kier alpha value is -1.42. The van der Waals surface area contributed by atoms with E-state index in [0.717, 1.165) is 5.56 Å². The van der Waals surface area contributed by atoms with Crippen LogP contribution in [-0.2, 0) is 7.05 Å². The van der Waals surface area contributed by atoms with Crippen LogP contribution in [0.2, 0.25) is 5.28 Å². The topological polar surface area (TPSA) is 30.7 Å². The molecule has 0 amide bonds. The summed E-state index contributed by atoms with van der Waals surface area (Å²) in [5.74, 6) is 0.216. The van der Waals surface area contributed by atoms with Gasteiger partial charge < -0.3 is 0 Å². The van der Waals surface area contributed by atoms with Crippen LogP contribution in [0.4, 0.5) is 4.39 Å². The molecule has 1 heterocycles. The Morgan fingerprint density at radius 2 is 1.93 bits per heavy atom. The van der Waals surface area contributed by atoms with Gasteiger partial charge in [0, 0.05) is 12.6 Å². The van der Waals surface area contributed by atoms with Crippen molar-refractivity contribution in [3.05, 3.63) is 35.4 Å². The van der Waals surface area contributed by atoms with E-state index in [0.29, 0.717) is 11.1 Å². The van der Waals surface area contributed by atoms with E-state index in [9.17, 15) is 4.39 Å². The van der Waals surface area contributed by atoms with Gasteiger partial charge in [0.2, 0.25) is 5.28 Å². The van der Waals surface area contributed by atoms with Crippen molar-refractivity contribution in [2.75, 3.05) is 0 Å². The lowest BCUT2D eigenvalue weighted by atomic mass is 10.2. The summed E-state index contributed by atoms with van der Waals surface area (Å²) in [5.41, 5.74) is 0.744. The summed E-state index contributed by atoms with van der Waals surface area (Å²) < 4.78 is 14.1. The van der Waals surface area contributed by atoms with Gasteiger partial charge in [-0.1, -0.05) is 0 Å². The number of aromatic nitrogens is 3. The van der Waals surface area contributed by atoms with Crippen LogP contribution in [0.1, 0.15) is 0 Å². The standard InChI is InChI=1S/C9H7ClFN3/c1-14-9(10)12-8(13-14)6-2-4-7(11)5-3-6/h2-5H,1H3. The fourth-order valence-electron chi connectivity index (χ4n) is 1.09. The molecule has 1 aromatic carbocycles. The van der Waals surface area contributed by atoms with E-state index in [-0.39, 0.29) is 5.82 Å². The molecule has 5 heteroatoms. The van der Waals surface area contributed by atoms with Crippen molar-refractivity contribution in [2.24, 2.45) is 7.05 Å². The first-order valence-electron chi connectivity index (χ1n) is 3.99. The zero-order valence-corrected chi connectivity index (χ0v) is 8.16. The minimum atomic E-state index is -0.282. The third-order valence-electron chi connectivity index (χ3n) is 1.81. The van der Waals surface area contributed by atoms with E-state index >= 15 is 0 Å². The molecular weight excluding hydrogens is 205 g/mol. The number of hydrogen-bond acceptors (Lipinski definition) is 2. The zero-order chi connectivity index (χ0) is 10.1. The minimum absolute atomic E-state index is 0.282. The van der Waals surface area contributed by atoms with Gasteiger partial charge in [0.05, 0.1) is 0 Å². The van der Waals surface area contributed by atoms with E-state index in [2.05, 4.69) is 10.1 Å². The van der Waals surface area contributed by atoms with Gasteiger partial charge in [-0.15, -0.1) is 5.10 Å². The first-order valence-corrected chi connectivity index (χ1v) is 4.37. The summed E-state index contributed by atoms with van der Waals surface area (Å²) >= 11 is 5.73. The van der Waals surface area contributed by atoms with Crippen molar-refractivity contribution in [1.29, 1.82) is 0 Å². The predicted octanol–water partition coefficient (Wildman–Crippen LogP) is 2.27. The molecule has 0 aliphatic heterocycles. The van der Waals surface area contributed by atoms with E-state index < -0.39 is 0 Å². The van der Waals surface area contributed by atoms with Gasteiger partial charge in [-0.3, -0.25) is 0 Å². The SMILES string of the molecule is Cn1nc(-c2ccc(F)cc2)nc1Cl. The summed E-state index contributed by atoms with van der Waals surface area (Å²) in [7, 11) is 1.70. The monoisotopic (exact) mass is 211 g/mol. The van der Waals surface area contributed by atoms with Crippen molar-refractivity contribution in [2.45, 2.75) is 0 Å². The molecule has 2 rings (SSSR count). The minimum Gasteiger partial charge on any atom is -0.239 e. The summed E-state index contributed by atoms with van der Waals surface area (Å²) in [5, 5.41) is 4.37. The maximum absolute atomic E-state index is 12.6. The number of nitrogens with zero attached hydrogens (tertiary/aromatic N) is 3. The van der Waals surface area contributed by atoms with Crippen molar-refractivity contribution < 1.29 is 4.39 Å². The third-order valence-corrected chi connectivity index (χ3v) is 2.14. The molecule has 3 nitrogen and oxygen atoms in total. The van der Waals surface area contributed by atoms with Crippen LogP contribution in [0.3, 0.4) is 0 Å². The Kier molecular flexibility index (Phi) is 2.21. The Balaban J connectivity index is 2.44. The predicted molar refractivity (Wildman–Crippen MR) is 51.4 cm³/mol. The highest BCUT2D eigenvalue weighted by Crippen LogP contribution is 2.17. The number of halogens is 2. The lowest BCUT2D eigenvalue weighted by Gasteiger charge is -1.93. The maximum atomic E-state index is 12.6. The van der Waals surface area contributed by atoms with Crippen LogP contribution in [0, 0.1) is 5.82 Å². The fourth-order valence-corrected chi connectivity index (χ4v) is 1.20. The molecule has 0 spiro atoms. The van der Waals surface area contributed by atoms with E-state index in [1.54, 1.807) is 19.2 Å². The van der Waals surface area contributed by atoms with Crippen LogP contribution >= 0.6 is 11.6 Å². The molecule has 0 fully saturated rings. The quantitative estimate of drug-likeness (QED) is 0.725. The van der Waals surface area contributed by atoms with Gasteiger partial charge in [0.25, 0.3) is 0 Å². The third kappa shape index (κ3) is 1.61. The van der Waals surface area contributed by atoms with Crippen molar-refractivity contribution >= 4 is 11.6 Å². The number of aryl methyl sites for hydroxylation is 1. The van der Waals surface area contributed by atoms with Crippen LogP contribution in [0.25, 0.3) is 11.4 Å². The maximum Gasteiger partial charge on any atom is 0.221 e. The molecule has 1 aromatic heterocycles. The van der Waals surface area contributed by atoms with Crippen LogP contribution < -0.4 is 0 Å². The molecule has 0 N–H and O–H groups in total. The summed E-state index contributed by atoms with van der Waals surface area (Å²) in [6, 6.07) is 5.95. The number of benzene rings is 1. The number of hydrogen-bond donors (Lipinski definition) is 0. The van der Waals surface area contributed by atoms with Crippen LogP contribution in [0.5, 0.6) is 0 Å². The molecule has 72 valence electrons. The second-order valence-corrected chi connectivity index (χ2v) is 3.17. The lowest BCUT2D eigenvalue weighted by molar-refractivity contribution is 0.628. The van der Waals surface area contributed by atoms with Gasteiger partial charge in [0.1, 0.15) is 5.82 Å². The first kappa shape index (κ1) is 9.15. The van der Waals surface area contributed by atoms with Gasteiger partial charge in [-0.2, -0.15) is 4.98 Å². The molecule has 2 aromatic rings. The van der Waals surface area contributed by atoms with Gasteiger partial charge in [-0.05, 0) is 35.9 Å². The van der Waals surface area contributed by atoms with Crippen molar-refractivity contribution in [3.8, 4) is 11.4 Å². The van der Waals surface area contributed by atoms with E-state index in [1.165, 1.54) is 16.8 Å². The highest BCUT2D eigenvalue weighted by molar-refractivity contribution is 6.28. The molecular formula is C9H7ClFN3. The van der Waals surface area contributed by atoms with Crippen LogP contribution in [0.15, 0.2) is 24.3 Å². The fraction of sp³-hybridized carbons (Fsp3) is 0.111. The van der Waals surface area contributed by atoms with Gasteiger partial charge in [-0.25, -0.2) is 9.07 Å². The zero-order valence-electron chi connectivity index (χ0n) is 7.41. The van der Waals surface area contributed by atoms with Crippen molar-refractivity contribution in [1.82, 2.24) is 14.8 Å².